The van der Waals surface area contributed by atoms with Gasteiger partial charge in [-0.1, -0.05) is 6.08 Å². The molecule has 0 aromatic carbocycles. The third-order valence-corrected chi connectivity index (χ3v) is 1.99. The maximum Gasteiger partial charge on any atom is 0.0776 e. The first-order valence-corrected chi connectivity index (χ1v) is 5.94. The highest BCUT2D eigenvalue weighted by Crippen LogP contribution is 1.97. The third-order valence-electron chi connectivity index (χ3n) is 1.99. The molecular weight excluding hydrogens is 224 g/mol. The monoisotopic (exact) mass is 248 g/mol. The van der Waals surface area contributed by atoms with Gasteiger partial charge in [-0.05, 0) is 12.8 Å². The van der Waals surface area contributed by atoms with E-state index in [9.17, 15) is 5.11 Å². The zero-order valence-electron chi connectivity index (χ0n) is 10.3. The van der Waals surface area contributed by atoms with Crippen LogP contribution in [0.5, 0.6) is 0 Å². The molecule has 0 aromatic rings. The molecule has 1 unspecified atom stereocenters. The van der Waals surface area contributed by atoms with E-state index in [0.29, 0.717) is 46.1 Å². The number of allylic oxidation sites excluding steroid dienone is 1. The molecule has 5 nitrogen and oxygen atoms in total. The van der Waals surface area contributed by atoms with Crippen molar-refractivity contribution in [3.63, 3.8) is 0 Å². The topological polar surface area (TPSA) is 68.2 Å². The fraction of sp³-hybridized carbons (Fsp3) is 0.833. The minimum atomic E-state index is -0.430. The molecule has 0 aliphatic carbocycles. The van der Waals surface area contributed by atoms with E-state index in [4.69, 9.17) is 19.3 Å². The van der Waals surface area contributed by atoms with Crippen LogP contribution in [0.25, 0.3) is 0 Å². The van der Waals surface area contributed by atoms with Crippen LogP contribution in [-0.2, 0) is 14.2 Å². The Morgan fingerprint density at radius 2 is 1.59 bits per heavy atom. The molecule has 0 heterocycles. The number of ether oxygens (including phenoxy) is 3. The predicted molar refractivity (Wildman–Crippen MR) is 65.0 cm³/mol. The number of aliphatic hydroxyl groups excluding tert-OH is 2. The van der Waals surface area contributed by atoms with Gasteiger partial charge in [0.1, 0.15) is 0 Å². The van der Waals surface area contributed by atoms with Crippen LogP contribution in [0.4, 0.5) is 0 Å². The maximum absolute atomic E-state index is 9.42. The van der Waals surface area contributed by atoms with Crippen molar-refractivity contribution in [1.29, 1.82) is 0 Å². The molecule has 102 valence electrons. The fourth-order valence-corrected chi connectivity index (χ4v) is 1.12. The van der Waals surface area contributed by atoms with Crippen molar-refractivity contribution >= 4 is 0 Å². The van der Waals surface area contributed by atoms with Gasteiger partial charge in [0, 0.05) is 0 Å². The summed E-state index contributed by atoms with van der Waals surface area (Å²) in [5, 5.41) is 17.9. The van der Waals surface area contributed by atoms with E-state index in [-0.39, 0.29) is 6.61 Å². The van der Waals surface area contributed by atoms with Gasteiger partial charge in [-0.2, -0.15) is 0 Å². The Bertz CT molecular complexity index is 163. The SMILES string of the molecule is C=CCCC(O)COCCOCCOCCO. The van der Waals surface area contributed by atoms with Crippen LogP contribution >= 0.6 is 0 Å². The smallest absolute Gasteiger partial charge is 0.0776 e. The number of aliphatic hydroxyl groups is 2. The summed E-state index contributed by atoms with van der Waals surface area (Å²) in [6, 6.07) is 0. The van der Waals surface area contributed by atoms with Gasteiger partial charge in [0.15, 0.2) is 0 Å². The highest BCUT2D eigenvalue weighted by molar-refractivity contribution is 4.68. The summed E-state index contributed by atoms with van der Waals surface area (Å²) in [5.41, 5.74) is 0. The van der Waals surface area contributed by atoms with Crippen molar-refractivity contribution < 1.29 is 24.4 Å². The normalized spacial score (nSPS) is 12.6. The number of hydrogen-bond acceptors (Lipinski definition) is 5. The Kier molecular flexibility index (Phi) is 13.2. The van der Waals surface area contributed by atoms with Gasteiger partial charge in [0.25, 0.3) is 0 Å². The van der Waals surface area contributed by atoms with E-state index in [1.165, 1.54) is 0 Å². The number of hydrogen-bond donors (Lipinski definition) is 2. The zero-order chi connectivity index (χ0) is 12.8. The quantitative estimate of drug-likeness (QED) is 0.364. The van der Waals surface area contributed by atoms with Gasteiger partial charge in [-0.25, -0.2) is 0 Å². The Balaban J connectivity index is 3.04. The first-order chi connectivity index (χ1) is 8.31. The molecule has 0 aromatic heterocycles. The van der Waals surface area contributed by atoms with Gasteiger partial charge >= 0.3 is 0 Å². The van der Waals surface area contributed by atoms with Crippen LogP contribution in [-0.4, -0.2) is 62.6 Å². The van der Waals surface area contributed by atoms with E-state index in [0.717, 1.165) is 6.42 Å². The molecular formula is C12H24O5. The van der Waals surface area contributed by atoms with Crippen LogP contribution in [0.3, 0.4) is 0 Å². The molecule has 2 N–H and O–H groups in total. The number of rotatable bonds is 13. The maximum atomic E-state index is 9.42. The van der Waals surface area contributed by atoms with Gasteiger partial charge in [-0.3, -0.25) is 0 Å². The van der Waals surface area contributed by atoms with Gasteiger partial charge < -0.3 is 24.4 Å². The summed E-state index contributed by atoms with van der Waals surface area (Å²) in [5.74, 6) is 0. The fourth-order valence-electron chi connectivity index (χ4n) is 1.12. The van der Waals surface area contributed by atoms with Crippen LogP contribution in [0.2, 0.25) is 0 Å². The van der Waals surface area contributed by atoms with Crippen molar-refractivity contribution in [3.8, 4) is 0 Å². The van der Waals surface area contributed by atoms with Crippen molar-refractivity contribution in [3.05, 3.63) is 12.7 Å². The molecule has 17 heavy (non-hydrogen) atoms. The first kappa shape index (κ1) is 16.5. The van der Waals surface area contributed by atoms with E-state index < -0.39 is 6.10 Å². The van der Waals surface area contributed by atoms with E-state index in [1.54, 1.807) is 6.08 Å². The minimum absolute atomic E-state index is 0.0334. The Morgan fingerprint density at radius 1 is 1.00 bits per heavy atom. The van der Waals surface area contributed by atoms with Crippen molar-refractivity contribution in [2.24, 2.45) is 0 Å². The standard InChI is InChI=1S/C12H24O5/c1-2-3-4-12(14)11-17-10-9-16-8-7-15-6-5-13/h2,12-14H,1,3-11H2. The Hall–Kier alpha value is -0.460. The van der Waals surface area contributed by atoms with Gasteiger partial charge in [0.05, 0.1) is 52.4 Å². The lowest BCUT2D eigenvalue weighted by Crippen LogP contribution is -2.17. The summed E-state index contributed by atoms with van der Waals surface area (Å²) in [6.07, 6.45) is 2.82. The molecule has 0 aliphatic heterocycles. The Morgan fingerprint density at radius 3 is 2.18 bits per heavy atom. The van der Waals surface area contributed by atoms with Gasteiger partial charge in [-0.15, -0.1) is 6.58 Å². The lowest BCUT2D eigenvalue weighted by atomic mass is 10.2. The molecule has 0 rings (SSSR count). The minimum Gasteiger partial charge on any atom is -0.394 e. The molecule has 0 radical (unpaired) electrons. The molecule has 0 aliphatic rings. The first-order valence-electron chi connectivity index (χ1n) is 5.94. The zero-order valence-corrected chi connectivity index (χ0v) is 10.3. The van der Waals surface area contributed by atoms with Crippen LogP contribution in [0.15, 0.2) is 12.7 Å². The third kappa shape index (κ3) is 13.5. The largest absolute Gasteiger partial charge is 0.394 e. The molecule has 0 fully saturated rings. The second-order valence-corrected chi connectivity index (χ2v) is 3.54. The summed E-state index contributed by atoms with van der Waals surface area (Å²) in [4.78, 5) is 0. The molecule has 0 amide bonds. The van der Waals surface area contributed by atoms with Crippen LogP contribution in [0, 0.1) is 0 Å². The summed E-state index contributed by atoms with van der Waals surface area (Å²) >= 11 is 0. The lowest BCUT2D eigenvalue weighted by molar-refractivity contribution is -0.0137. The average Bonchev–Trinajstić information content (AvgIpc) is 2.34. The molecule has 0 spiro atoms. The van der Waals surface area contributed by atoms with E-state index >= 15 is 0 Å². The molecule has 5 heteroatoms. The van der Waals surface area contributed by atoms with Crippen molar-refractivity contribution in [2.45, 2.75) is 18.9 Å². The second kappa shape index (κ2) is 13.6. The predicted octanol–water partition coefficient (Wildman–Crippen LogP) is 0.356. The molecule has 0 bridgehead atoms. The summed E-state index contributed by atoms with van der Waals surface area (Å²) < 4.78 is 15.5. The highest BCUT2D eigenvalue weighted by atomic mass is 16.5. The average molecular weight is 248 g/mol. The Labute approximate surface area is 103 Å². The second-order valence-electron chi connectivity index (χ2n) is 3.54. The molecule has 1 atom stereocenters. The molecule has 0 saturated heterocycles. The van der Waals surface area contributed by atoms with E-state index in [2.05, 4.69) is 6.58 Å². The lowest BCUT2D eigenvalue weighted by Gasteiger charge is -2.10. The van der Waals surface area contributed by atoms with Crippen LogP contribution in [0.1, 0.15) is 12.8 Å². The molecule has 0 saturated carbocycles. The highest BCUT2D eigenvalue weighted by Gasteiger charge is 2.02. The summed E-state index contributed by atoms with van der Waals surface area (Å²) in [6.45, 7) is 6.20. The van der Waals surface area contributed by atoms with Crippen LogP contribution < -0.4 is 0 Å². The summed E-state index contributed by atoms with van der Waals surface area (Å²) in [7, 11) is 0. The van der Waals surface area contributed by atoms with E-state index in [1.807, 2.05) is 0 Å². The van der Waals surface area contributed by atoms with Crippen molar-refractivity contribution in [2.75, 3.05) is 46.2 Å². The van der Waals surface area contributed by atoms with Crippen molar-refractivity contribution in [1.82, 2.24) is 0 Å². The van der Waals surface area contributed by atoms with Gasteiger partial charge in [0.2, 0.25) is 0 Å².